The fourth-order valence-electron chi connectivity index (χ4n) is 0.378. The normalized spacial score (nSPS) is 10.4. The lowest BCUT2D eigenvalue weighted by Gasteiger charge is -1.97. The Bertz CT molecular complexity index is 195. The predicted molar refractivity (Wildman–Crippen MR) is 32.3 cm³/mol. The van der Waals surface area contributed by atoms with E-state index in [1.165, 1.54) is 14.2 Å². The molecule has 0 aromatic carbocycles. The van der Waals surface area contributed by atoms with Crippen LogP contribution in [0.15, 0.2) is 11.5 Å². The highest BCUT2D eigenvalue weighted by atomic mass is 16.5. The first-order valence-corrected chi connectivity index (χ1v) is 2.42. The van der Waals surface area contributed by atoms with E-state index in [9.17, 15) is 0 Å². The number of nitrogens with zero attached hydrogens (tertiary/aromatic N) is 2. The second-order valence-corrected chi connectivity index (χ2v) is 1.29. The first kappa shape index (κ1) is 8.32. The topological polar surface area (TPSA) is 66.0 Å². The molecule has 0 fully saturated rings. The number of hydrogen-bond acceptors (Lipinski definition) is 4. The van der Waals surface area contributed by atoms with Crippen LogP contribution in [0.3, 0.4) is 0 Å². The average Bonchev–Trinajstić information content (AvgIpc) is 2.00. The number of methoxy groups -OCH3 is 2. The second kappa shape index (κ2) is 4.22. The summed E-state index contributed by atoms with van der Waals surface area (Å²) in [6.07, 6.45) is 0. The van der Waals surface area contributed by atoms with Gasteiger partial charge in [-0.05, 0) is 0 Å². The molecule has 0 N–H and O–H groups in total. The highest BCUT2D eigenvalue weighted by Crippen LogP contribution is 2.02. The van der Waals surface area contributed by atoms with Crippen LogP contribution in [-0.4, -0.2) is 14.2 Å². The fraction of sp³-hybridized carbons (Fsp3) is 0.333. The summed E-state index contributed by atoms with van der Waals surface area (Å²) in [4.78, 5) is 0. The third-order valence-corrected chi connectivity index (χ3v) is 0.818. The molecule has 0 amide bonds. The molecule has 0 aliphatic carbocycles. The average molecular weight is 138 g/mol. The summed E-state index contributed by atoms with van der Waals surface area (Å²) in [7, 11) is 2.60. The maximum atomic E-state index is 8.29. The van der Waals surface area contributed by atoms with Crippen molar-refractivity contribution in [3.8, 4) is 12.1 Å². The molecule has 0 aromatic heterocycles. The van der Waals surface area contributed by atoms with Crippen LogP contribution in [0, 0.1) is 22.7 Å². The van der Waals surface area contributed by atoms with E-state index in [0.717, 1.165) is 0 Å². The van der Waals surface area contributed by atoms with Crippen LogP contribution >= 0.6 is 0 Å². The molecular weight excluding hydrogens is 132 g/mol. The Hall–Kier alpha value is -1.68. The molecule has 0 aliphatic heterocycles. The van der Waals surface area contributed by atoms with Gasteiger partial charge in [-0.15, -0.1) is 0 Å². The van der Waals surface area contributed by atoms with Gasteiger partial charge < -0.3 is 9.47 Å². The number of hydrogen-bond donors (Lipinski definition) is 0. The van der Waals surface area contributed by atoms with Crippen LogP contribution in [-0.2, 0) is 9.47 Å². The van der Waals surface area contributed by atoms with Gasteiger partial charge in [0.05, 0.1) is 14.2 Å². The van der Waals surface area contributed by atoms with E-state index in [1.54, 1.807) is 12.1 Å². The first-order valence-electron chi connectivity index (χ1n) is 2.42. The van der Waals surface area contributed by atoms with Crippen LogP contribution < -0.4 is 0 Å². The Morgan fingerprint density at radius 1 is 1.00 bits per heavy atom. The third kappa shape index (κ3) is 1.68. The van der Waals surface area contributed by atoms with Gasteiger partial charge >= 0.3 is 0 Å². The highest BCUT2D eigenvalue weighted by molar-refractivity contribution is 5.27. The van der Waals surface area contributed by atoms with Crippen molar-refractivity contribution in [2.24, 2.45) is 0 Å². The van der Waals surface area contributed by atoms with Crippen LogP contribution in [0.25, 0.3) is 0 Å². The molecule has 4 nitrogen and oxygen atoms in total. The zero-order valence-electron chi connectivity index (χ0n) is 5.71. The smallest absolute Gasteiger partial charge is 0.251 e. The van der Waals surface area contributed by atoms with E-state index in [2.05, 4.69) is 9.47 Å². The second-order valence-electron chi connectivity index (χ2n) is 1.29. The largest absolute Gasteiger partial charge is 0.484 e. The maximum Gasteiger partial charge on any atom is 0.251 e. The summed E-state index contributed by atoms with van der Waals surface area (Å²) in [6, 6.07) is 3.33. The van der Waals surface area contributed by atoms with Crippen LogP contribution in [0.4, 0.5) is 0 Å². The van der Waals surface area contributed by atoms with Gasteiger partial charge in [0.15, 0.2) is 0 Å². The maximum absolute atomic E-state index is 8.29. The van der Waals surface area contributed by atoms with E-state index in [0.29, 0.717) is 0 Å². The molecule has 0 unspecified atom stereocenters. The van der Waals surface area contributed by atoms with Crippen molar-refractivity contribution < 1.29 is 9.47 Å². The molecule has 0 rings (SSSR count). The molecule has 0 radical (unpaired) electrons. The van der Waals surface area contributed by atoms with Crippen molar-refractivity contribution in [1.29, 1.82) is 10.5 Å². The lowest BCUT2D eigenvalue weighted by Crippen LogP contribution is -1.92. The molecular formula is C6H6N2O2. The minimum atomic E-state index is -0.106. The first-order chi connectivity index (χ1) is 4.79. The number of allylic oxidation sites excluding steroid dienone is 2. The molecule has 0 aromatic rings. The van der Waals surface area contributed by atoms with E-state index >= 15 is 0 Å². The molecule has 52 valence electrons. The summed E-state index contributed by atoms with van der Waals surface area (Å²) >= 11 is 0. The van der Waals surface area contributed by atoms with Crippen molar-refractivity contribution in [2.75, 3.05) is 14.2 Å². The highest BCUT2D eigenvalue weighted by Gasteiger charge is 2.04. The lowest BCUT2D eigenvalue weighted by atomic mass is 10.4. The number of nitriles is 2. The number of ether oxygens (including phenoxy) is 2. The number of rotatable bonds is 2. The summed E-state index contributed by atoms with van der Waals surface area (Å²) in [5, 5.41) is 16.6. The standard InChI is InChI=1S/C6H6N2O2/c1-9-5(3-7)6(4-8)10-2/h1-2H3. The van der Waals surface area contributed by atoms with Gasteiger partial charge in [-0.3, -0.25) is 0 Å². The third-order valence-electron chi connectivity index (χ3n) is 0.818. The van der Waals surface area contributed by atoms with Gasteiger partial charge in [-0.2, -0.15) is 10.5 Å². The van der Waals surface area contributed by atoms with Gasteiger partial charge in [-0.25, -0.2) is 0 Å². The van der Waals surface area contributed by atoms with Gasteiger partial charge in [0.1, 0.15) is 12.1 Å². The van der Waals surface area contributed by atoms with E-state index in [4.69, 9.17) is 10.5 Å². The molecule has 10 heavy (non-hydrogen) atoms. The van der Waals surface area contributed by atoms with Crippen molar-refractivity contribution in [1.82, 2.24) is 0 Å². The summed E-state index contributed by atoms with van der Waals surface area (Å²) < 4.78 is 9.03. The Morgan fingerprint density at radius 3 is 1.40 bits per heavy atom. The van der Waals surface area contributed by atoms with E-state index < -0.39 is 0 Å². The minimum absolute atomic E-state index is 0.106. The van der Waals surface area contributed by atoms with Crippen LogP contribution in [0.1, 0.15) is 0 Å². The molecule has 0 saturated carbocycles. The SMILES string of the molecule is COC(C#N)=C(C#N)OC. The molecule has 0 aliphatic rings. The fourth-order valence-corrected chi connectivity index (χ4v) is 0.378. The van der Waals surface area contributed by atoms with E-state index in [-0.39, 0.29) is 11.5 Å². The quantitative estimate of drug-likeness (QED) is 0.412. The summed E-state index contributed by atoms with van der Waals surface area (Å²) in [6.45, 7) is 0. The zero-order valence-corrected chi connectivity index (χ0v) is 5.71. The van der Waals surface area contributed by atoms with Crippen LogP contribution in [0.5, 0.6) is 0 Å². The molecule has 4 heteroatoms. The van der Waals surface area contributed by atoms with E-state index in [1.807, 2.05) is 0 Å². The summed E-state index contributed by atoms with van der Waals surface area (Å²) in [5.41, 5.74) is 0. The Labute approximate surface area is 58.9 Å². The summed E-state index contributed by atoms with van der Waals surface area (Å²) in [5.74, 6) is -0.213. The Balaban J connectivity index is 4.62. The Morgan fingerprint density at radius 2 is 1.30 bits per heavy atom. The minimum Gasteiger partial charge on any atom is -0.484 e. The Kier molecular flexibility index (Phi) is 3.51. The van der Waals surface area contributed by atoms with Crippen molar-refractivity contribution >= 4 is 0 Å². The van der Waals surface area contributed by atoms with Gasteiger partial charge in [0, 0.05) is 0 Å². The van der Waals surface area contributed by atoms with Crippen molar-refractivity contribution in [2.45, 2.75) is 0 Å². The zero-order chi connectivity index (χ0) is 7.98. The van der Waals surface area contributed by atoms with Crippen LogP contribution in [0.2, 0.25) is 0 Å². The lowest BCUT2D eigenvalue weighted by molar-refractivity contribution is 0.246. The molecule has 0 saturated heterocycles. The van der Waals surface area contributed by atoms with Crippen molar-refractivity contribution in [3.63, 3.8) is 0 Å². The molecule has 0 bridgehead atoms. The van der Waals surface area contributed by atoms with Gasteiger partial charge in [0.25, 0.3) is 11.5 Å². The molecule has 0 spiro atoms. The molecule has 0 heterocycles. The van der Waals surface area contributed by atoms with Crippen molar-refractivity contribution in [3.05, 3.63) is 11.5 Å². The van der Waals surface area contributed by atoms with Gasteiger partial charge in [-0.1, -0.05) is 0 Å². The monoisotopic (exact) mass is 138 g/mol. The molecule has 0 atom stereocenters. The predicted octanol–water partition coefficient (Wildman–Crippen LogP) is 0.538. The van der Waals surface area contributed by atoms with Gasteiger partial charge in [0.2, 0.25) is 0 Å².